The van der Waals surface area contributed by atoms with Crippen LogP contribution in [0.1, 0.15) is 30.9 Å². The standard InChI is InChI=1S/C13H12FNO/c14-10-5-4-9-6-12(8-2-1-3-8)15-13(16)11(9)7-10/h4-8H,1-3H2,(H,15,16). The van der Waals surface area contributed by atoms with Crippen molar-refractivity contribution in [2.24, 2.45) is 0 Å². The van der Waals surface area contributed by atoms with Gasteiger partial charge in [-0.2, -0.15) is 0 Å². The van der Waals surface area contributed by atoms with Crippen molar-refractivity contribution in [3.63, 3.8) is 0 Å². The summed E-state index contributed by atoms with van der Waals surface area (Å²) in [4.78, 5) is 14.6. The molecule has 2 nitrogen and oxygen atoms in total. The van der Waals surface area contributed by atoms with Gasteiger partial charge in [0.05, 0.1) is 0 Å². The molecule has 16 heavy (non-hydrogen) atoms. The maximum absolute atomic E-state index is 13.0. The summed E-state index contributed by atoms with van der Waals surface area (Å²) in [5.74, 6) is 0.122. The van der Waals surface area contributed by atoms with Gasteiger partial charge in [-0.1, -0.05) is 12.5 Å². The zero-order valence-electron chi connectivity index (χ0n) is 8.79. The van der Waals surface area contributed by atoms with Crippen LogP contribution in [0.3, 0.4) is 0 Å². The first-order valence-electron chi connectivity index (χ1n) is 5.56. The second-order valence-corrected chi connectivity index (χ2v) is 4.41. The maximum atomic E-state index is 13.0. The van der Waals surface area contributed by atoms with Crippen LogP contribution in [0.15, 0.2) is 29.1 Å². The third kappa shape index (κ3) is 1.43. The van der Waals surface area contributed by atoms with Crippen molar-refractivity contribution in [2.75, 3.05) is 0 Å². The molecular weight excluding hydrogens is 205 g/mol. The zero-order valence-corrected chi connectivity index (χ0v) is 8.79. The minimum atomic E-state index is -0.366. The molecule has 1 aromatic carbocycles. The fourth-order valence-electron chi connectivity index (χ4n) is 2.19. The number of benzene rings is 1. The van der Waals surface area contributed by atoms with Crippen LogP contribution >= 0.6 is 0 Å². The fraction of sp³-hybridized carbons (Fsp3) is 0.308. The molecule has 0 atom stereocenters. The Balaban J connectivity index is 2.22. The van der Waals surface area contributed by atoms with Crippen LogP contribution in [-0.2, 0) is 0 Å². The number of H-pyrrole nitrogens is 1. The molecule has 1 N–H and O–H groups in total. The van der Waals surface area contributed by atoms with Gasteiger partial charge in [0.25, 0.3) is 5.56 Å². The molecule has 0 amide bonds. The molecule has 1 aromatic heterocycles. The van der Waals surface area contributed by atoms with Gasteiger partial charge in [0.1, 0.15) is 5.82 Å². The Kier molecular flexibility index (Phi) is 2.06. The maximum Gasteiger partial charge on any atom is 0.256 e. The van der Waals surface area contributed by atoms with Crippen molar-refractivity contribution in [3.8, 4) is 0 Å². The molecule has 1 aliphatic carbocycles. The van der Waals surface area contributed by atoms with Gasteiger partial charge >= 0.3 is 0 Å². The number of pyridine rings is 1. The van der Waals surface area contributed by atoms with E-state index in [-0.39, 0.29) is 11.4 Å². The summed E-state index contributed by atoms with van der Waals surface area (Å²) in [6.07, 6.45) is 3.51. The quantitative estimate of drug-likeness (QED) is 0.782. The predicted molar refractivity (Wildman–Crippen MR) is 61.1 cm³/mol. The zero-order chi connectivity index (χ0) is 11.1. The van der Waals surface area contributed by atoms with Crippen LogP contribution in [0.2, 0.25) is 0 Å². The molecule has 1 saturated carbocycles. The normalized spacial score (nSPS) is 16.3. The third-order valence-electron chi connectivity index (χ3n) is 3.37. The molecule has 3 heteroatoms. The van der Waals surface area contributed by atoms with Crippen molar-refractivity contribution in [1.29, 1.82) is 0 Å². The first-order chi connectivity index (χ1) is 7.74. The van der Waals surface area contributed by atoms with Crippen LogP contribution < -0.4 is 5.56 Å². The molecule has 0 bridgehead atoms. The van der Waals surface area contributed by atoms with Crippen LogP contribution in [0.4, 0.5) is 4.39 Å². The van der Waals surface area contributed by atoms with Crippen molar-refractivity contribution in [3.05, 3.63) is 46.1 Å². The van der Waals surface area contributed by atoms with Crippen LogP contribution in [0.5, 0.6) is 0 Å². The van der Waals surface area contributed by atoms with E-state index in [9.17, 15) is 9.18 Å². The summed E-state index contributed by atoms with van der Waals surface area (Å²) in [7, 11) is 0. The third-order valence-corrected chi connectivity index (χ3v) is 3.37. The lowest BCUT2D eigenvalue weighted by Crippen LogP contribution is -2.16. The lowest BCUT2D eigenvalue weighted by Gasteiger charge is -2.25. The highest BCUT2D eigenvalue weighted by molar-refractivity contribution is 5.81. The number of halogens is 1. The van der Waals surface area contributed by atoms with Gasteiger partial charge < -0.3 is 4.98 Å². The Hall–Kier alpha value is -1.64. The molecule has 0 unspecified atom stereocenters. The summed E-state index contributed by atoms with van der Waals surface area (Å²) in [6.45, 7) is 0. The van der Waals surface area contributed by atoms with Crippen molar-refractivity contribution in [2.45, 2.75) is 25.2 Å². The average Bonchev–Trinajstić information content (AvgIpc) is 2.17. The van der Waals surface area contributed by atoms with Crippen LogP contribution in [0.25, 0.3) is 10.8 Å². The molecule has 1 fully saturated rings. The highest BCUT2D eigenvalue weighted by Gasteiger charge is 2.20. The minimum absolute atomic E-state index is 0.182. The van der Waals surface area contributed by atoms with E-state index in [4.69, 9.17) is 0 Å². The molecule has 2 aromatic rings. The van der Waals surface area contributed by atoms with E-state index in [1.165, 1.54) is 18.6 Å². The Morgan fingerprint density at radius 3 is 2.75 bits per heavy atom. The fourth-order valence-corrected chi connectivity index (χ4v) is 2.19. The number of rotatable bonds is 1. The molecule has 0 spiro atoms. The van der Waals surface area contributed by atoms with E-state index in [1.54, 1.807) is 6.07 Å². The molecule has 0 aliphatic heterocycles. The topological polar surface area (TPSA) is 32.9 Å². The summed E-state index contributed by atoms with van der Waals surface area (Å²) >= 11 is 0. The molecule has 0 radical (unpaired) electrons. The number of hydrogen-bond acceptors (Lipinski definition) is 1. The van der Waals surface area contributed by atoms with E-state index >= 15 is 0 Å². The van der Waals surface area contributed by atoms with Gasteiger partial charge in [-0.25, -0.2) is 4.39 Å². The number of hydrogen-bond donors (Lipinski definition) is 1. The second-order valence-electron chi connectivity index (χ2n) is 4.41. The smallest absolute Gasteiger partial charge is 0.256 e. The largest absolute Gasteiger partial charge is 0.325 e. The van der Waals surface area contributed by atoms with Gasteiger partial charge in [-0.3, -0.25) is 4.79 Å². The Labute approximate surface area is 92.1 Å². The number of aromatic amines is 1. The van der Waals surface area contributed by atoms with Crippen LogP contribution in [-0.4, -0.2) is 4.98 Å². The Morgan fingerprint density at radius 2 is 2.06 bits per heavy atom. The predicted octanol–water partition coefficient (Wildman–Crippen LogP) is 2.93. The van der Waals surface area contributed by atoms with Gasteiger partial charge in [0, 0.05) is 11.1 Å². The van der Waals surface area contributed by atoms with Gasteiger partial charge in [0.2, 0.25) is 0 Å². The monoisotopic (exact) mass is 217 g/mol. The summed E-state index contributed by atoms with van der Waals surface area (Å²) in [6, 6.07) is 6.33. The number of nitrogens with one attached hydrogen (secondary N) is 1. The summed E-state index contributed by atoms with van der Waals surface area (Å²) < 4.78 is 13.0. The molecular formula is C13H12FNO. The van der Waals surface area contributed by atoms with E-state index in [0.29, 0.717) is 11.3 Å². The van der Waals surface area contributed by atoms with E-state index in [2.05, 4.69) is 4.98 Å². The Morgan fingerprint density at radius 1 is 1.25 bits per heavy atom. The average molecular weight is 217 g/mol. The van der Waals surface area contributed by atoms with E-state index < -0.39 is 0 Å². The highest BCUT2D eigenvalue weighted by Crippen LogP contribution is 2.35. The molecule has 1 heterocycles. The Bertz CT molecular complexity index is 598. The molecule has 0 saturated heterocycles. The molecule has 3 rings (SSSR count). The number of aromatic nitrogens is 1. The van der Waals surface area contributed by atoms with Crippen molar-refractivity contribution >= 4 is 10.8 Å². The van der Waals surface area contributed by atoms with Gasteiger partial charge in [-0.15, -0.1) is 0 Å². The van der Waals surface area contributed by atoms with Gasteiger partial charge in [-0.05, 0) is 42.3 Å². The summed E-state index contributed by atoms with van der Waals surface area (Å²) in [5, 5.41) is 1.26. The first-order valence-corrected chi connectivity index (χ1v) is 5.56. The molecule has 1 aliphatic rings. The first kappa shape index (κ1) is 9.58. The number of fused-ring (bicyclic) bond motifs is 1. The van der Waals surface area contributed by atoms with Crippen molar-refractivity contribution < 1.29 is 4.39 Å². The molecule has 82 valence electrons. The summed E-state index contributed by atoms with van der Waals surface area (Å²) in [5.41, 5.74) is 0.814. The van der Waals surface area contributed by atoms with Crippen molar-refractivity contribution in [1.82, 2.24) is 4.98 Å². The SMILES string of the molecule is O=c1[nH]c(C2CCC2)cc2ccc(F)cc12. The van der Waals surface area contributed by atoms with Gasteiger partial charge in [0.15, 0.2) is 0 Å². The highest BCUT2D eigenvalue weighted by atomic mass is 19.1. The van der Waals surface area contributed by atoms with E-state index in [0.717, 1.165) is 23.9 Å². The lowest BCUT2D eigenvalue weighted by atomic mass is 9.82. The second kappa shape index (κ2) is 3.44. The lowest BCUT2D eigenvalue weighted by molar-refractivity contribution is 0.411. The minimum Gasteiger partial charge on any atom is -0.325 e. The van der Waals surface area contributed by atoms with E-state index in [1.807, 2.05) is 6.07 Å². The van der Waals surface area contributed by atoms with Crippen LogP contribution in [0, 0.1) is 5.82 Å².